The Kier molecular flexibility index (Phi) is 7.32. The highest BCUT2D eigenvalue weighted by atomic mass is 35.5. The molecular weight excluding hydrogens is 460 g/mol. The van der Waals surface area contributed by atoms with Gasteiger partial charge in [-0.2, -0.15) is 5.01 Å². The van der Waals surface area contributed by atoms with Gasteiger partial charge in [-0.1, -0.05) is 60.6 Å². The van der Waals surface area contributed by atoms with Gasteiger partial charge in [0.15, 0.2) is 10.4 Å². The van der Waals surface area contributed by atoms with E-state index in [1.165, 1.54) is 6.07 Å². The molecule has 160 valence electrons. The monoisotopic (exact) mass is 476 g/mol. The number of thioether (sulfide) groups is 1. The normalized spacial score (nSPS) is 15.8. The number of hydrazine groups is 1. The van der Waals surface area contributed by atoms with Crippen molar-refractivity contribution >= 4 is 63.8 Å². The molecule has 1 saturated heterocycles. The van der Waals surface area contributed by atoms with Gasteiger partial charge >= 0.3 is 5.97 Å². The fraction of sp³-hybridized carbons (Fsp3) is 0.143. The largest absolute Gasteiger partial charge is 0.479 e. The summed E-state index contributed by atoms with van der Waals surface area (Å²) < 4.78 is 5.74. The molecule has 1 atom stereocenters. The number of aliphatic carboxylic acids is 1. The fourth-order valence-corrected chi connectivity index (χ4v) is 4.07. The number of hydrogen-bond donors (Lipinski definition) is 2. The van der Waals surface area contributed by atoms with E-state index in [4.69, 9.17) is 28.6 Å². The summed E-state index contributed by atoms with van der Waals surface area (Å²) in [6, 6.07) is 13.2. The summed E-state index contributed by atoms with van der Waals surface area (Å²) in [5.74, 6) is -1.84. The molecule has 1 aliphatic heterocycles. The molecule has 7 nitrogen and oxygen atoms in total. The van der Waals surface area contributed by atoms with Crippen LogP contribution in [0, 0.1) is 0 Å². The predicted octanol–water partition coefficient (Wildman–Crippen LogP) is 4.13. The molecule has 0 aromatic heterocycles. The van der Waals surface area contributed by atoms with E-state index in [-0.39, 0.29) is 26.2 Å². The van der Waals surface area contributed by atoms with Crippen LogP contribution in [-0.2, 0) is 9.59 Å². The minimum absolute atomic E-state index is 0.145. The fourth-order valence-electron chi connectivity index (χ4n) is 2.68. The minimum Gasteiger partial charge on any atom is -0.479 e. The molecule has 0 bridgehead atoms. The molecule has 1 unspecified atom stereocenters. The highest BCUT2D eigenvalue weighted by Gasteiger charge is 2.34. The molecule has 2 aromatic carbocycles. The number of ether oxygens (including phenoxy) is 1. The lowest BCUT2D eigenvalue weighted by Crippen LogP contribution is -2.44. The molecule has 2 aromatic rings. The number of thiocarbonyl (C=S) groups is 1. The lowest BCUT2D eigenvalue weighted by atomic mass is 10.1. The molecule has 1 heterocycles. The van der Waals surface area contributed by atoms with Gasteiger partial charge < -0.3 is 9.84 Å². The van der Waals surface area contributed by atoms with Crippen molar-refractivity contribution < 1.29 is 24.2 Å². The Hall–Kier alpha value is -2.88. The van der Waals surface area contributed by atoms with Crippen LogP contribution in [0.1, 0.15) is 29.3 Å². The second-order valence-corrected chi connectivity index (χ2v) is 8.41. The molecule has 0 aliphatic carbocycles. The van der Waals surface area contributed by atoms with Crippen LogP contribution in [0.25, 0.3) is 6.08 Å². The van der Waals surface area contributed by atoms with Crippen LogP contribution in [0.5, 0.6) is 5.75 Å². The van der Waals surface area contributed by atoms with Gasteiger partial charge in [-0.15, -0.1) is 0 Å². The van der Waals surface area contributed by atoms with Gasteiger partial charge in [0.1, 0.15) is 5.75 Å². The first-order valence-electron chi connectivity index (χ1n) is 9.13. The lowest BCUT2D eigenvalue weighted by Gasteiger charge is -2.16. The molecule has 3 rings (SSSR count). The van der Waals surface area contributed by atoms with Gasteiger partial charge in [-0.05, 0) is 42.9 Å². The third kappa shape index (κ3) is 5.25. The number of amides is 2. The Morgan fingerprint density at radius 3 is 2.61 bits per heavy atom. The molecule has 0 saturated carbocycles. The smallest absolute Gasteiger partial charge is 0.344 e. The number of nitrogens with zero attached hydrogens (tertiary/aromatic N) is 1. The third-order valence-electron chi connectivity index (χ3n) is 4.25. The summed E-state index contributed by atoms with van der Waals surface area (Å²) in [5, 5.41) is 10.5. The van der Waals surface area contributed by atoms with Gasteiger partial charge in [0.25, 0.3) is 11.8 Å². The van der Waals surface area contributed by atoms with Gasteiger partial charge in [0, 0.05) is 5.56 Å². The van der Waals surface area contributed by atoms with Crippen LogP contribution in [0.4, 0.5) is 0 Å². The molecule has 2 amide bonds. The highest BCUT2D eigenvalue weighted by molar-refractivity contribution is 8.26. The summed E-state index contributed by atoms with van der Waals surface area (Å²) in [7, 11) is 0. The van der Waals surface area contributed by atoms with E-state index >= 15 is 0 Å². The van der Waals surface area contributed by atoms with Crippen molar-refractivity contribution in [2.75, 3.05) is 0 Å². The van der Waals surface area contributed by atoms with E-state index in [0.29, 0.717) is 11.3 Å². The van der Waals surface area contributed by atoms with Crippen LogP contribution >= 0.6 is 35.6 Å². The topological polar surface area (TPSA) is 95.9 Å². The molecule has 1 fully saturated rings. The second-order valence-electron chi connectivity index (χ2n) is 6.33. The van der Waals surface area contributed by atoms with Crippen molar-refractivity contribution in [3.63, 3.8) is 0 Å². The maximum absolute atomic E-state index is 12.8. The number of hydrogen-bond acceptors (Lipinski definition) is 6. The Labute approximate surface area is 193 Å². The van der Waals surface area contributed by atoms with Crippen LogP contribution in [0.2, 0.25) is 5.02 Å². The van der Waals surface area contributed by atoms with Crippen molar-refractivity contribution in [1.29, 1.82) is 0 Å². The van der Waals surface area contributed by atoms with Crippen LogP contribution < -0.4 is 10.2 Å². The summed E-state index contributed by atoms with van der Waals surface area (Å²) in [5.41, 5.74) is 3.19. The number of rotatable bonds is 7. The molecule has 31 heavy (non-hydrogen) atoms. The lowest BCUT2D eigenvalue weighted by molar-refractivity contribution is -0.145. The van der Waals surface area contributed by atoms with Gasteiger partial charge in [-0.3, -0.25) is 15.0 Å². The van der Waals surface area contributed by atoms with Crippen LogP contribution in [0.3, 0.4) is 0 Å². The maximum Gasteiger partial charge on any atom is 0.344 e. The summed E-state index contributed by atoms with van der Waals surface area (Å²) >= 11 is 12.3. The van der Waals surface area contributed by atoms with E-state index in [9.17, 15) is 19.5 Å². The minimum atomic E-state index is -1.08. The molecule has 1 aliphatic rings. The van der Waals surface area contributed by atoms with E-state index in [0.717, 1.165) is 16.8 Å². The molecule has 0 radical (unpaired) electrons. The van der Waals surface area contributed by atoms with Gasteiger partial charge in [0.2, 0.25) is 0 Å². The average Bonchev–Trinajstić information content (AvgIpc) is 3.00. The zero-order chi connectivity index (χ0) is 22.5. The highest BCUT2D eigenvalue weighted by Crippen LogP contribution is 2.34. The second kappa shape index (κ2) is 9.95. The van der Waals surface area contributed by atoms with E-state index in [1.807, 2.05) is 0 Å². The van der Waals surface area contributed by atoms with Crippen molar-refractivity contribution in [3.8, 4) is 5.75 Å². The van der Waals surface area contributed by atoms with Crippen LogP contribution in [0.15, 0.2) is 53.4 Å². The van der Waals surface area contributed by atoms with Crippen LogP contribution in [-0.4, -0.2) is 38.3 Å². The molecule has 0 spiro atoms. The van der Waals surface area contributed by atoms with Crippen molar-refractivity contribution in [2.45, 2.75) is 19.4 Å². The van der Waals surface area contributed by atoms with Crippen molar-refractivity contribution in [2.24, 2.45) is 0 Å². The predicted molar refractivity (Wildman–Crippen MR) is 123 cm³/mol. The maximum atomic E-state index is 12.8. The van der Waals surface area contributed by atoms with Gasteiger partial charge in [0.05, 0.1) is 15.5 Å². The summed E-state index contributed by atoms with van der Waals surface area (Å²) in [6.45, 7) is 1.70. The SMILES string of the molecule is CCC(Oc1ccccc1/C=C1/SC(=S)N(NC(=O)c2ccccc2Cl)C1=O)C(=O)O. The van der Waals surface area contributed by atoms with Crippen molar-refractivity contribution in [3.05, 3.63) is 69.6 Å². The first kappa shape index (κ1) is 22.8. The number of carboxylic acid groups (broad SMARTS) is 1. The first-order valence-corrected chi connectivity index (χ1v) is 10.7. The number of carbonyl (C=O) groups excluding carboxylic acids is 2. The Balaban J connectivity index is 1.82. The van der Waals surface area contributed by atoms with E-state index in [2.05, 4.69) is 5.43 Å². The quantitative estimate of drug-likeness (QED) is 0.458. The zero-order valence-electron chi connectivity index (χ0n) is 16.2. The Bertz CT molecular complexity index is 1090. The van der Waals surface area contributed by atoms with Gasteiger partial charge in [-0.25, -0.2) is 4.79 Å². The van der Waals surface area contributed by atoms with Crippen molar-refractivity contribution in [1.82, 2.24) is 10.4 Å². The average molecular weight is 477 g/mol. The zero-order valence-corrected chi connectivity index (χ0v) is 18.6. The summed E-state index contributed by atoms with van der Waals surface area (Å²) in [6.07, 6.45) is 0.809. The number of halogens is 1. The number of carboxylic acids is 1. The Morgan fingerprint density at radius 2 is 1.94 bits per heavy atom. The number of para-hydroxylation sites is 1. The summed E-state index contributed by atoms with van der Waals surface area (Å²) in [4.78, 5) is 36.9. The molecule has 2 N–H and O–H groups in total. The van der Waals surface area contributed by atoms with E-state index < -0.39 is 23.9 Å². The Morgan fingerprint density at radius 1 is 1.26 bits per heavy atom. The number of carbonyl (C=O) groups is 3. The molecular formula is C21H17ClN2O5S2. The first-order chi connectivity index (χ1) is 14.8. The number of benzene rings is 2. The standard InChI is InChI=1S/C21H17ClN2O5S2/c1-2-15(20(27)28)29-16-10-6-3-7-12(16)11-17-19(26)24(21(30)31-17)23-18(25)13-8-4-5-9-14(13)22/h3-11,15H,2H2,1H3,(H,23,25)(H,27,28)/b17-11+. The van der Waals surface area contributed by atoms with E-state index in [1.54, 1.807) is 55.5 Å². The molecule has 10 heteroatoms. The third-order valence-corrected chi connectivity index (χ3v) is 5.88. The number of nitrogens with one attached hydrogen (secondary N) is 1.